The van der Waals surface area contributed by atoms with Crippen molar-refractivity contribution in [1.82, 2.24) is 4.98 Å². The van der Waals surface area contributed by atoms with Crippen LogP contribution >= 0.6 is 0 Å². The van der Waals surface area contributed by atoms with E-state index < -0.39 is 0 Å². The van der Waals surface area contributed by atoms with E-state index in [4.69, 9.17) is 4.42 Å². The first-order valence-corrected chi connectivity index (χ1v) is 6.87. The summed E-state index contributed by atoms with van der Waals surface area (Å²) >= 11 is 0. The molecular weight excluding hydrogens is 278 g/mol. The van der Waals surface area contributed by atoms with Gasteiger partial charge in [0.2, 0.25) is 5.89 Å². The van der Waals surface area contributed by atoms with Crippen LogP contribution in [0.5, 0.6) is 5.95 Å². The van der Waals surface area contributed by atoms with E-state index in [1.165, 1.54) is 5.56 Å². The average molecular weight is 293 g/mol. The number of nitrogens with zero attached hydrogens (tertiary/aromatic N) is 3. The molecule has 0 radical (unpaired) electrons. The van der Waals surface area contributed by atoms with Crippen LogP contribution in [0.3, 0.4) is 0 Å². The van der Waals surface area contributed by atoms with Crippen LogP contribution in [-0.4, -0.2) is 10.1 Å². The Morgan fingerprint density at radius 2 is 1.73 bits per heavy atom. The van der Waals surface area contributed by atoms with E-state index in [-0.39, 0.29) is 11.8 Å². The van der Waals surface area contributed by atoms with Crippen LogP contribution in [0.2, 0.25) is 0 Å². The van der Waals surface area contributed by atoms with Crippen LogP contribution in [0, 0.1) is 13.8 Å². The van der Waals surface area contributed by atoms with Crippen molar-refractivity contribution in [3.05, 3.63) is 59.7 Å². The highest BCUT2D eigenvalue weighted by Crippen LogP contribution is 2.33. The summed E-state index contributed by atoms with van der Waals surface area (Å²) in [6.07, 6.45) is 0. The van der Waals surface area contributed by atoms with Gasteiger partial charge in [-0.15, -0.1) is 10.2 Å². The van der Waals surface area contributed by atoms with Crippen LogP contribution in [0.15, 0.2) is 63.2 Å². The van der Waals surface area contributed by atoms with Gasteiger partial charge in [-0.05, 0) is 49.2 Å². The van der Waals surface area contributed by atoms with Crippen molar-refractivity contribution in [1.29, 1.82) is 0 Å². The fraction of sp³-hybridized carbons (Fsp3) is 0.118. The Labute approximate surface area is 128 Å². The predicted octanol–water partition coefficient (Wildman–Crippen LogP) is 5.08. The lowest BCUT2D eigenvalue weighted by molar-refractivity contribution is 0.338. The van der Waals surface area contributed by atoms with Crippen molar-refractivity contribution < 1.29 is 9.52 Å². The van der Waals surface area contributed by atoms with Gasteiger partial charge in [0.25, 0.3) is 5.82 Å². The molecule has 0 bridgehead atoms. The maximum Gasteiger partial charge on any atom is 0.332 e. The van der Waals surface area contributed by atoms with Gasteiger partial charge in [0, 0.05) is 5.56 Å². The normalized spacial score (nSPS) is 11.2. The van der Waals surface area contributed by atoms with Crippen LogP contribution in [0.25, 0.3) is 11.5 Å². The highest BCUT2D eigenvalue weighted by molar-refractivity contribution is 5.57. The molecule has 0 unspecified atom stereocenters. The van der Waals surface area contributed by atoms with Gasteiger partial charge < -0.3 is 9.52 Å². The summed E-state index contributed by atoms with van der Waals surface area (Å²) in [4.78, 5) is 4.16. The Hall–Kier alpha value is -2.95. The molecule has 5 nitrogen and oxygen atoms in total. The Morgan fingerprint density at radius 1 is 0.955 bits per heavy atom. The fourth-order valence-corrected chi connectivity index (χ4v) is 1.97. The van der Waals surface area contributed by atoms with Crippen molar-refractivity contribution in [2.45, 2.75) is 13.8 Å². The van der Waals surface area contributed by atoms with E-state index in [1.54, 1.807) is 0 Å². The minimum Gasteiger partial charge on any atom is -0.478 e. The predicted molar refractivity (Wildman–Crippen MR) is 83.7 cm³/mol. The van der Waals surface area contributed by atoms with Crippen LogP contribution < -0.4 is 0 Å². The second-order valence-corrected chi connectivity index (χ2v) is 4.98. The summed E-state index contributed by atoms with van der Waals surface area (Å²) in [7, 11) is 0. The maximum absolute atomic E-state index is 9.79. The van der Waals surface area contributed by atoms with Gasteiger partial charge in [-0.2, -0.15) is 4.98 Å². The van der Waals surface area contributed by atoms with Gasteiger partial charge in [-0.25, -0.2) is 0 Å². The SMILES string of the molecule is Cc1ccc(N=Nc2nc(-c3ccccc3)oc2O)cc1C. The van der Waals surface area contributed by atoms with Crippen molar-refractivity contribution in [3.8, 4) is 17.4 Å². The Bertz CT molecular complexity index is 823. The number of rotatable bonds is 3. The van der Waals surface area contributed by atoms with E-state index in [0.717, 1.165) is 11.1 Å². The first kappa shape index (κ1) is 14.0. The number of aromatic hydroxyl groups is 1. The monoisotopic (exact) mass is 293 g/mol. The summed E-state index contributed by atoms with van der Waals surface area (Å²) in [5.41, 5.74) is 3.79. The Balaban J connectivity index is 1.88. The Morgan fingerprint density at radius 3 is 2.45 bits per heavy atom. The van der Waals surface area contributed by atoms with Gasteiger partial charge in [-0.1, -0.05) is 24.3 Å². The first-order valence-electron chi connectivity index (χ1n) is 6.87. The molecule has 0 saturated heterocycles. The van der Waals surface area contributed by atoms with E-state index in [1.807, 2.05) is 62.4 Å². The molecule has 1 aromatic heterocycles. The zero-order chi connectivity index (χ0) is 15.5. The number of hydrogen-bond donors (Lipinski definition) is 1. The van der Waals surface area contributed by atoms with Gasteiger partial charge in [0.05, 0.1) is 5.69 Å². The third-order valence-electron chi connectivity index (χ3n) is 3.36. The largest absolute Gasteiger partial charge is 0.478 e. The number of aromatic nitrogens is 1. The third kappa shape index (κ3) is 2.88. The minimum absolute atomic E-state index is 0.0667. The molecular formula is C17H15N3O2. The minimum atomic E-state index is -0.341. The van der Waals surface area contributed by atoms with Crippen LogP contribution in [0.4, 0.5) is 11.5 Å². The molecule has 0 spiro atoms. The third-order valence-corrected chi connectivity index (χ3v) is 3.36. The summed E-state index contributed by atoms with van der Waals surface area (Å²) in [5, 5.41) is 17.8. The molecule has 3 rings (SSSR count). The van der Waals surface area contributed by atoms with E-state index in [0.29, 0.717) is 11.6 Å². The lowest BCUT2D eigenvalue weighted by Crippen LogP contribution is -1.77. The molecule has 0 aliphatic rings. The van der Waals surface area contributed by atoms with Crippen molar-refractivity contribution >= 4 is 11.5 Å². The number of benzene rings is 2. The van der Waals surface area contributed by atoms with Gasteiger partial charge >= 0.3 is 5.95 Å². The molecule has 5 heteroatoms. The Kier molecular flexibility index (Phi) is 3.70. The zero-order valence-electron chi connectivity index (χ0n) is 12.3. The van der Waals surface area contributed by atoms with Crippen molar-refractivity contribution in [2.24, 2.45) is 10.2 Å². The van der Waals surface area contributed by atoms with Crippen molar-refractivity contribution in [2.75, 3.05) is 0 Å². The highest BCUT2D eigenvalue weighted by Gasteiger charge is 2.13. The maximum atomic E-state index is 9.79. The summed E-state index contributed by atoms with van der Waals surface area (Å²) in [6, 6.07) is 15.1. The van der Waals surface area contributed by atoms with Gasteiger partial charge in [0.15, 0.2) is 0 Å². The lowest BCUT2D eigenvalue weighted by atomic mass is 10.1. The summed E-state index contributed by atoms with van der Waals surface area (Å²) < 4.78 is 5.22. The number of aryl methyl sites for hydroxylation is 2. The molecule has 0 aliphatic carbocycles. The molecule has 0 aliphatic heterocycles. The average Bonchev–Trinajstić information content (AvgIpc) is 2.90. The second kappa shape index (κ2) is 5.81. The molecule has 2 aromatic carbocycles. The molecule has 1 N–H and O–H groups in total. The molecule has 0 fully saturated rings. The fourth-order valence-electron chi connectivity index (χ4n) is 1.97. The smallest absolute Gasteiger partial charge is 0.332 e. The van der Waals surface area contributed by atoms with E-state index in [9.17, 15) is 5.11 Å². The topological polar surface area (TPSA) is 71.0 Å². The van der Waals surface area contributed by atoms with Crippen LogP contribution in [0.1, 0.15) is 11.1 Å². The molecule has 110 valence electrons. The van der Waals surface area contributed by atoms with E-state index in [2.05, 4.69) is 15.2 Å². The number of azo groups is 1. The molecule has 0 saturated carbocycles. The summed E-state index contributed by atoms with van der Waals surface area (Å²) in [5.74, 6) is 0.0376. The van der Waals surface area contributed by atoms with Gasteiger partial charge in [0.1, 0.15) is 0 Å². The summed E-state index contributed by atoms with van der Waals surface area (Å²) in [6.45, 7) is 4.04. The van der Waals surface area contributed by atoms with Crippen molar-refractivity contribution in [3.63, 3.8) is 0 Å². The molecule has 22 heavy (non-hydrogen) atoms. The van der Waals surface area contributed by atoms with E-state index >= 15 is 0 Å². The second-order valence-electron chi connectivity index (χ2n) is 4.98. The van der Waals surface area contributed by atoms with Gasteiger partial charge in [-0.3, -0.25) is 0 Å². The van der Waals surface area contributed by atoms with Crippen LogP contribution in [-0.2, 0) is 0 Å². The lowest BCUT2D eigenvalue weighted by Gasteiger charge is -1.98. The highest BCUT2D eigenvalue weighted by atomic mass is 16.5. The molecule has 1 heterocycles. The molecule has 3 aromatic rings. The zero-order valence-corrected chi connectivity index (χ0v) is 12.3. The first-order chi connectivity index (χ1) is 10.6. The quantitative estimate of drug-likeness (QED) is 0.684. The molecule has 0 amide bonds. The standard InChI is InChI=1S/C17H15N3O2/c1-11-8-9-14(10-12(11)2)19-20-15-17(21)22-16(18-15)13-6-4-3-5-7-13/h3-10,21H,1-2H3. The molecule has 0 atom stereocenters. The number of oxazole rings is 1. The number of hydrogen-bond acceptors (Lipinski definition) is 5.